The van der Waals surface area contributed by atoms with Crippen LogP contribution in [0.3, 0.4) is 0 Å². The van der Waals surface area contributed by atoms with E-state index in [2.05, 4.69) is 10.6 Å². The minimum absolute atomic E-state index is 0.0377. The molecule has 1 aromatic rings. The monoisotopic (exact) mass is 298 g/mol. The average Bonchev–Trinajstić information content (AvgIpc) is 2.33. The van der Waals surface area contributed by atoms with Crippen molar-refractivity contribution in [2.24, 2.45) is 0 Å². The Balaban J connectivity index is 1.97. The molecular formula is C13H18N2O4S. The van der Waals surface area contributed by atoms with Gasteiger partial charge in [-0.25, -0.2) is 8.42 Å². The summed E-state index contributed by atoms with van der Waals surface area (Å²) in [6.45, 7) is 2.39. The van der Waals surface area contributed by atoms with E-state index in [1.165, 1.54) is 6.26 Å². The van der Waals surface area contributed by atoms with Gasteiger partial charge in [0.1, 0.15) is 15.6 Å². The van der Waals surface area contributed by atoms with Crippen molar-refractivity contribution in [1.82, 2.24) is 5.32 Å². The maximum Gasteiger partial charge on any atom is 0.262 e. The van der Waals surface area contributed by atoms with Crippen LogP contribution in [-0.2, 0) is 21.2 Å². The summed E-state index contributed by atoms with van der Waals surface area (Å²) < 4.78 is 27.6. The molecule has 0 saturated heterocycles. The molecule has 1 amide bonds. The lowest BCUT2D eigenvalue weighted by Gasteiger charge is -2.19. The number of amides is 1. The van der Waals surface area contributed by atoms with E-state index in [0.717, 1.165) is 5.56 Å². The molecule has 1 unspecified atom stereocenters. The van der Waals surface area contributed by atoms with Crippen molar-refractivity contribution >= 4 is 21.4 Å². The van der Waals surface area contributed by atoms with Gasteiger partial charge in [-0.05, 0) is 24.6 Å². The molecule has 0 bridgehead atoms. The van der Waals surface area contributed by atoms with Crippen LogP contribution in [0.4, 0.5) is 5.69 Å². The van der Waals surface area contributed by atoms with E-state index in [1.807, 2.05) is 19.1 Å². The van der Waals surface area contributed by atoms with Crippen molar-refractivity contribution in [3.05, 3.63) is 23.8 Å². The zero-order chi connectivity index (χ0) is 14.8. The largest absolute Gasteiger partial charge is 0.482 e. The second kappa shape index (κ2) is 5.80. The van der Waals surface area contributed by atoms with Crippen LogP contribution in [0.1, 0.15) is 12.5 Å². The molecule has 0 spiro atoms. The Labute approximate surface area is 118 Å². The predicted octanol–water partition coefficient (Wildman–Crippen LogP) is 0.540. The summed E-state index contributed by atoms with van der Waals surface area (Å²) in [5.74, 6) is 0.572. The Kier molecular flexibility index (Phi) is 4.29. The van der Waals surface area contributed by atoms with Crippen LogP contribution in [0.25, 0.3) is 0 Å². The number of nitrogens with one attached hydrogen (secondary N) is 2. The number of carbonyl (C=O) groups excluding carboxylic acids is 1. The number of rotatable bonds is 5. The third-order valence-electron chi connectivity index (χ3n) is 2.88. The van der Waals surface area contributed by atoms with E-state index in [9.17, 15) is 13.2 Å². The van der Waals surface area contributed by atoms with Crippen LogP contribution in [0, 0.1) is 0 Å². The highest BCUT2D eigenvalue weighted by Gasteiger charge is 2.16. The van der Waals surface area contributed by atoms with Gasteiger partial charge in [0.05, 0.1) is 11.4 Å². The molecule has 2 rings (SSSR count). The zero-order valence-electron chi connectivity index (χ0n) is 11.5. The number of anilines is 1. The molecule has 1 aliphatic rings. The zero-order valence-corrected chi connectivity index (χ0v) is 12.3. The van der Waals surface area contributed by atoms with Crippen molar-refractivity contribution < 1.29 is 17.9 Å². The molecule has 1 aliphatic heterocycles. The lowest BCUT2D eigenvalue weighted by atomic mass is 10.1. The molecular weight excluding hydrogens is 280 g/mol. The van der Waals surface area contributed by atoms with Gasteiger partial charge in [-0.3, -0.25) is 4.79 Å². The molecule has 0 saturated carbocycles. The minimum Gasteiger partial charge on any atom is -0.482 e. The molecule has 0 fully saturated rings. The standard InChI is InChI=1S/C13H18N2O4S/c1-9(8-20(2,17)18)14-6-10-3-4-12-11(5-10)15-13(16)7-19-12/h3-5,9,14H,6-8H2,1-2H3,(H,15,16). The SMILES string of the molecule is CC(CS(C)(=O)=O)NCc1ccc2c(c1)NC(=O)CO2. The first-order valence-electron chi connectivity index (χ1n) is 6.30. The van der Waals surface area contributed by atoms with Gasteiger partial charge >= 0.3 is 0 Å². The maximum absolute atomic E-state index is 11.2. The Morgan fingerprint density at radius 3 is 2.90 bits per heavy atom. The van der Waals surface area contributed by atoms with Crippen LogP contribution in [0.15, 0.2) is 18.2 Å². The van der Waals surface area contributed by atoms with Crippen molar-refractivity contribution in [3.63, 3.8) is 0 Å². The predicted molar refractivity (Wildman–Crippen MR) is 76.6 cm³/mol. The van der Waals surface area contributed by atoms with Crippen LogP contribution < -0.4 is 15.4 Å². The molecule has 0 aliphatic carbocycles. The molecule has 110 valence electrons. The summed E-state index contributed by atoms with van der Waals surface area (Å²) in [6, 6.07) is 5.38. The molecule has 7 heteroatoms. The van der Waals surface area contributed by atoms with Gasteiger partial charge < -0.3 is 15.4 Å². The highest BCUT2D eigenvalue weighted by molar-refractivity contribution is 7.90. The summed E-state index contributed by atoms with van der Waals surface area (Å²) in [4.78, 5) is 11.2. The highest BCUT2D eigenvalue weighted by atomic mass is 32.2. The maximum atomic E-state index is 11.2. The lowest BCUT2D eigenvalue weighted by molar-refractivity contribution is -0.118. The molecule has 6 nitrogen and oxygen atoms in total. The minimum atomic E-state index is -2.99. The molecule has 1 atom stereocenters. The van der Waals surface area contributed by atoms with E-state index in [-0.39, 0.29) is 24.3 Å². The van der Waals surface area contributed by atoms with Crippen LogP contribution >= 0.6 is 0 Å². The molecule has 1 aromatic carbocycles. The third kappa shape index (κ3) is 4.21. The molecule has 20 heavy (non-hydrogen) atoms. The Morgan fingerprint density at radius 2 is 2.20 bits per heavy atom. The summed E-state index contributed by atoms with van der Waals surface area (Å²) in [5.41, 5.74) is 1.60. The molecule has 0 radical (unpaired) electrons. The number of carbonyl (C=O) groups is 1. The fourth-order valence-electron chi connectivity index (χ4n) is 2.05. The first kappa shape index (κ1) is 14.8. The molecule has 2 N–H and O–H groups in total. The van der Waals surface area contributed by atoms with Gasteiger partial charge in [-0.15, -0.1) is 0 Å². The van der Waals surface area contributed by atoms with Gasteiger partial charge in [0.2, 0.25) is 0 Å². The first-order chi connectivity index (χ1) is 9.33. The van der Waals surface area contributed by atoms with Crippen molar-refractivity contribution in [2.75, 3.05) is 23.9 Å². The van der Waals surface area contributed by atoms with Crippen molar-refractivity contribution in [2.45, 2.75) is 19.5 Å². The van der Waals surface area contributed by atoms with E-state index in [0.29, 0.717) is 18.0 Å². The smallest absolute Gasteiger partial charge is 0.262 e. The quantitative estimate of drug-likeness (QED) is 0.829. The fourth-order valence-corrected chi connectivity index (χ4v) is 3.07. The summed E-state index contributed by atoms with van der Waals surface area (Å²) in [5, 5.41) is 5.88. The van der Waals surface area contributed by atoms with Crippen LogP contribution in [0.2, 0.25) is 0 Å². The second-order valence-electron chi connectivity index (χ2n) is 5.04. The van der Waals surface area contributed by atoms with E-state index in [4.69, 9.17) is 4.74 Å². The Hall–Kier alpha value is -1.60. The van der Waals surface area contributed by atoms with Crippen LogP contribution in [0.5, 0.6) is 5.75 Å². The Bertz CT molecular complexity index is 613. The summed E-state index contributed by atoms with van der Waals surface area (Å²) in [6.07, 6.45) is 1.22. The lowest BCUT2D eigenvalue weighted by Crippen LogP contribution is -2.32. The molecule has 0 aromatic heterocycles. The van der Waals surface area contributed by atoms with E-state index < -0.39 is 9.84 Å². The number of benzene rings is 1. The average molecular weight is 298 g/mol. The van der Waals surface area contributed by atoms with Crippen LogP contribution in [-0.4, -0.2) is 39.0 Å². The molecule has 1 heterocycles. The van der Waals surface area contributed by atoms with Gasteiger partial charge in [0, 0.05) is 18.8 Å². The topological polar surface area (TPSA) is 84.5 Å². The summed E-state index contributed by atoms with van der Waals surface area (Å²) in [7, 11) is -2.99. The number of sulfone groups is 1. The van der Waals surface area contributed by atoms with E-state index >= 15 is 0 Å². The number of hydrogen-bond donors (Lipinski definition) is 2. The van der Waals surface area contributed by atoms with Gasteiger partial charge in [-0.2, -0.15) is 0 Å². The third-order valence-corrected chi connectivity index (χ3v) is 3.99. The van der Waals surface area contributed by atoms with Crippen molar-refractivity contribution in [1.29, 1.82) is 0 Å². The van der Waals surface area contributed by atoms with E-state index in [1.54, 1.807) is 6.07 Å². The fraction of sp³-hybridized carbons (Fsp3) is 0.462. The number of fused-ring (bicyclic) bond motifs is 1. The number of ether oxygens (including phenoxy) is 1. The Morgan fingerprint density at radius 1 is 1.45 bits per heavy atom. The van der Waals surface area contributed by atoms with Gasteiger partial charge in [-0.1, -0.05) is 6.07 Å². The van der Waals surface area contributed by atoms with Gasteiger partial charge in [0.15, 0.2) is 6.61 Å². The summed E-state index contributed by atoms with van der Waals surface area (Å²) >= 11 is 0. The van der Waals surface area contributed by atoms with Gasteiger partial charge in [0.25, 0.3) is 5.91 Å². The number of hydrogen-bond acceptors (Lipinski definition) is 5. The highest BCUT2D eigenvalue weighted by Crippen LogP contribution is 2.28. The second-order valence-corrected chi connectivity index (χ2v) is 7.23. The normalized spacial score (nSPS) is 16.0. The first-order valence-corrected chi connectivity index (χ1v) is 8.36. The van der Waals surface area contributed by atoms with Crippen molar-refractivity contribution in [3.8, 4) is 5.75 Å².